The Morgan fingerprint density at radius 3 is 2.79 bits per heavy atom. The Bertz CT molecular complexity index is 601. The van der Waals surface area contributed by atoms with Crippen molar-refractivity contribution in [1.82, 2.24) is 14.4 Å². The van der Waals surface area contributed by atoms with Crippen LogP contribution >= 0.6 is 0 Å². The molecular formula is C11H14N4O4. The van der Waals surface area contributed by atoms with Crippen molar-refractivity contribution in [2.45, 2.75) is 24.4 Å². The fourth-order valence-corrected chi connectivity index (χ4v) is 2.31. The molecule has 102 valence electrons. The number of fused-ring (bicyclic) bond motifs is 1. The number of hydrogen-bond donors (Lipinski definition) is 4. The third kappa shape index (κ3) is 1.77. The van der Waals surface area contributed by atoms with E-state index in [1.165, 1.54) is 12.4 Å². The van der Waals surface area contributed by atoms with E-state index >= 15 is 0 Å². The van der Waals surface area contributed by atoms with Gasteiger partial charge in [-0.2, -0.15) is 0 Å². The summed E-state index contributed by atoms with van der Waals surface area (Å²) in [5, 5.41) is 28.8. The number of nitrogen functional groups attached to an aromatic ring is 1. The number of ether oxygens (including phenoxy) is 1. The van der Waals surface area contributed by atoms with Gasteiger partial charge in [-0.05, 0) is 0 Å². The molecule has 1 fully saturated rings. The fourth-order valence-electron chi connectivity index (χ4n) is 2.31. The zero-order valence-corrected chi connectivity index (χ0v) is 9.92. The molecule has 0 saturated carbocycles. The van der Waals surface area contributed by atoms with Crippen LogP contribution in [0.4, 0.5) is 5.82 Å². The van der Waals surface area contributed by atoms with Crippen LogP contribution < -0.4 is 5.73 Å². The van der Waals surface area contributed by atoms with Crippen LogP contribution in [-0.4, -0.2) is 54.6 Å². The van der Waals surface area contributed by atoms with Gasteiger partial charge in [0.15, 0.2) is 11.5 Å². The molecule has 2 unspecified atom stereocenters. The van der Waals surface area contributed by atoms with Crippen LogP contribution in [0.5, 0.6) is 0 Å². The number of aromatic nitrogens is 3. The van der Waals surface area contributed by atoms with E-state index in [1.807, 2.05) is 0 Å². The smallest absolute Gasteiger partial charge is 0.180 e. The van der Waals surface area contributed by atoms with Gasteiger partial charge in [-0.1, -0.05) is 0 Å². The highest BCUT2D eigenvalue weighted by Gasteiger charge is 2.44. The summed E-state index contributed by atoms with van der Waals surface area (Å²) in [6.45, 7) is -0.366. The summed E-state index contributed by atoms with van der Waals surface area (Å²) >= 11 is 0. The minimum atomic E-state index is -1.14. The summed E-state index contributed by atoms with van der Waals surface area (Å²) < 4.78 is 7.10. The fraction of sp³-hybridized carbons (Fsp3) is 0.455. The molecule has 8 nitrogen and oxygen atoms in total. The van der Waals surface area contributed by atoms with Gasteiger partial charge in [0.05, 0.1) is 18.5 Å². The first-order valence-electron chi connectivity index (χ1n) is 5.83. The first kappa shape index (κ1) is 12.3. The average Bonchev–Trinajstić information content (AvgIpc) is 2.94. The molecule has 3 rings (SSSR count). The summed E-state index contributed by atoms with van der Waals surface area (Å²) in [6.07, 6.45) is 0.797. The largest absolute Gasteiger partial charge is 0.394 e. The van der Waals surface area contributed by atoms with Crippen molar-refractivity contribution in [3.05, 3.63) is 24.3 Å². The van der Waals surface area contributed by atoms with E-state index in [9.17, 15) is 10.2 Å². The van der Waals surface area contributed by atoms with Gasteiger partial charge in [-0.25, -0.2) is 9.97 Å². The lowest BCUT2D eigenvalue weighted by Gasteiger charge is -2.14. The molecule has 19 heavy (non-hydrogen) atoms. The van der Waals surface area contributed by atoms with Crippen LogP contribution in [0.3, 0.4) is 0 Å². The molecular weight excluding hydrogens is 252 g/mol. The Kier molecular flexibility index (Phi) is 2.86. The molecule has 5 N–H and O–H groups in total. The minimum Gasteiger partial charge on any atom is -0.394 e. The Morgan fingerprint density at radius 2 is 2.11 bits per heavy atom. The van der Waals surface area contributed by atoms with Gasteiger partial charge < -0.3 is 25.8 Å². The lowest BCUT2D eigenvalue weighted by Crippen LogP contribution is -2.32. The average molecular weight is 266 g/mol. The third-order valence-corrected chi connectivity index (χ3v) is 3.32. The summed E-state index contributed by atoms with van der Waals surface area (Å²) in [7, 11) is 0. The maximum Gasteiger partial charge on any atom is 0.180 e. The van der Waals surface area contributed by atoms with E-state index in [2.05, 4.69) is 9.97 Å². The molecule has 0 aliphatic carbocycles. The molecule has 0 aromatic carbocycles. The number of hydrogen-bond acceptors (Lipinski definition) is 7. The summed E-state index contributed by atoms with van der Waals surface area (Å²) in [6, 6.07) is 0. The Hall–Kier alpha value is -1.74. The van der Waals surface area contributed by atoms with Crippen molar-refractivity contribution >= 4 is 11.5 Å². The van der Waals surface area contributed by atoms with Crippen molar-refractivity contribution in [3.8, 4) is 0 Å². The van der Waals surface area contributed by atoms with Crippen molar-refractivity contribution in [2.75, 3.05) is 12.3 Å². The normalized spacial score (nSPS) is 31.1. The maximum atomic E-state index is 9.99. The van der Waals surface area contributed by atoms with E-state index in [4.69, 9.17) is 15.6 Å². The van der Waals surface area contributed by atoms with Crippen molar-refractivity contribution in [2.24, 2.45) is 0 Å². The van der Waals surface area contributed by atoms with E-state index in [0.717, 1.165) is 0 Å². The molecule has 1 aliphatic heterocycles. The van der Waals surface area contributed by atoms with Gasteiger partial charge >= 0.3 is 0 Å². The van der Waals surface area contributed by atoms with Crippen LogP contribution in [0.1, 0.15) is 11.8 Å². The number of imidazole rings is 1. The van der Waals surface area contributed by atoms with Gasteiger partial charge in [0.2, 0.25) is 0 Å². The van der Waals surface area contributed by atoms with Gasteiger partial charge in [-0.15, -0.1) is 0 Å². The Morgan fingerprint density at radius 1 is 1.32 bits per heavy atom. The molecule has 2 aromatic rings. The first-order valence-corrected chi connectivity index (χ1v) is 5.83. The summed E-state index contributed by atoms with van der Waals surface area (Å²) in [5.74, 6) is 0.264. The standard InChI is InChI=1S/C11H14N4O4/c12-10-11-14-3-5(15(11)2-1-13-10)9-8(18)7(17)6(4-16)19-9/h1-3,6-9,16-18H,4H2,(H2,12,13)/t6?,7-,8-,9?/m1/s1. The van der Waals surface area contributed by atoms with Crippen LogP contribution in [0.25, 0.3) is 5.65 Å². The van der Waals surface area contributed by atoms with E-state index in [0.29, 0.717) is 11.3 Å². The van der Waals surface area contributed by atoms with E-state index < -0.39 is 24.4 Å². The number of anilines is 1. The molecule has 1 aliphatic rings. The molecule has 0 spiro atoms. The maximum absolute atomic E-state index is 9.99. The second-order valence-electron chi connectivity index (χ2n) is 4.45. The molecule has 0 bridgehead atoms. The lowest BCUT2D eigenvalue weighted by atomic mass is 10.1. The minimum absolute atomic E-state index is 0.264. The van der Waals surface area contributed by atoms with Crippen LogP contribution in [0.15, 0.2) is 18.6 Å². The topological polar surface area (TPSA) is 126 Å². The summed E-state index contributed by atoms with van der Waals surface area (Å²) in [5.41, 5.74) is 6.70. The second-order valence-corrected chi connectivity index (χ2v) is 4.45. The second kappa shape index (κ2) is 4.42. The van der Waals surface area contributed by atoms with Crippen LogP contribution in [-0.2, 0) is 4.74 Å². The van der Waals surface area contributed by atoms with E-state index in [1.54, 1.807) is 10.6 Å². The molecule has 4 atom stereocenters. The predicted molar refractivity (Wildman–Crippen MR) is 64.1 cm³/mol. The van der Waals surface area contributed by atoms with Crippen LogP contribution in [0, 0.1) is 0 Å². The molecule has 8 heteroatoms. The summed E-state index contributed by atoms with van der Waals surface area (Å²) in [4.78, 5) is 8.03. The van der Waals surface area contributed by atoms with Gasteiger partial charge in [0, 0.05) is 12.4 Å². The SMILES string of the molecule is Nc1nccn2c(C3OC(CO)[C@@H](O)[C@H]3O)cnc12. The highest BCUT2D eigenvalue weighted by atomic mass is 16.6. The Balaban J connectivity index is 2.04. The number of aliphatic hydroxyl groups excluding tert-OH is 3. The number of aliphatic hydroxyl groups is 3. The van der Waals surface area contributed by atoms with Crippen LogP contribution in [0.2, 0.25) is 0 Å². The number of nitrogens with zero attached hydrogens (tertiary/aromatic N) is 3. The monoisotopic (exact) mass is 266 g/mol. The molecule has 3 heterocycles. The van der Waals surface area contributed by atoms with Crippen molar-refractivity contribution in [3.63, 3.8) is 0 Å². The quantitative estimate of drug-likeness (QED) is 0.519. The van der Waals surface area contributed by atoms with E-state index in [-0.39, 0.29) is 12.4 Å². The zero-order valence-electron chi connectivity index (χ0n) is 9.92. The lowest BCUT2D eigenvalue weighted by molar-refractivity contribution is -0.0241. The van der Waals surface area contributed by atoms with Crippen molar-refractivity contribution in [1.29, 1.82) is 0 Å². The molecule has 1 saturated heterocycles. The number of nitrogens with two attached hydrogens (primary N) is 1. The highest BCUT2D eigenvalue weighted by molar-refractivity contribution is 5.59. The molecule has 0 radical (unpaired) electrons. The van der Waals surface area contributed by atoms with Gasteiger partial charge in [-0.3, -0.25) is 4.40 Å². The zero-order chi connectivity index (χ0) is 13.6. The highest BCUT2D eigenvalue weighted by Crippen LogP contribution is 2.33. The first-order chi connectivity index (χ1) is 9.13. The van der Waals surface area contributed by atoms with Gasteiger partial charge in [0.1, 0.15) is 24.4 Å². The van der Waals surface area contributed by atoms with Crippen molar-refractivity contribution < 1.29 is 20.1 Å². The molecule has 2 aromatic heterocycles. The molecule has 0 amide bonds. The Labute approximate surface area is 108 Å². The third-order valence-electron chi connectivity index (χ3n) is 3.32. The van der Waals surface area contributed by atoms with Gasteiger partial charge in [0.25, 0.3) is 0 Å². The predicted octanol–water partition coefficient (Wildman–Crippen LogP) is -1.53. The number of rotatable bonds is 2.